The summed E-state index contributed by atoms with van der Waals surface area (Å²) in [5.41, 5.74) is -1.62. The summed E-state index contributed by atoms with van der Waals surface area (Å²) in [5.74, 6) is -2.89. The van der Waals surface area contributed by atoms with Crippen molar-refractivity contribution < 1.29 is 27.9 Å². The molecule has 3 aromatic rings. The van der Waals surface area contributed by atoms with Gasteiger partial charge in [0.1, 0.15) is 16.9 Å². The summed E-state index contributed by atoms with van der Waals surface area (Å²) in [5, 5.41) is 16.7. The fourth-order valence-electron chi connectivity index (χ4n) is 4.23. The van der Waals surface area contributed by atoms with E-state index >= 15 is 0 Å². The van der Waals surface area contributed by atoms with Gasteiger partial charge in [-0.2, -0.15) is 0 Å². The average Bonchev–Trinajstić information content (AvgIpc) is 3.15. The van der Waals surface area contributed by atoms with Gasteiger partial charge in [-0.25, -0.2) is 13.6 Å². The minimum absolute atomic E-state index is 0.00267. The number of carbonyl (C=O) groups excluding carboxylic acids is 1. The summed E-state index contributed by atoms with van der Waals surface area (Å²) in [6, 6.07) is 8.18. The first-order chi connectivity index (χ1) is 16.8. The second-order valence-electron chi connectivity index (χ2n) is 9.59. The number of aromatic nitrogens is 1. The molecule has 1 aliphatic rings. The van der Waals surface area contributed by atoms with Crippen molar-refractivity contribution in [1.82, 2.24) is 10.1 Å². The number of amides is 1. The molecule has 2 heterocycles. The van der Waals surface area contributed by atoms with Crippen LogP contribution in [0.1, 0.15) is 44.4 Å². The third kappa shape index (κ3) is 5.11. The van der Waals surface area contributed by atoms with E-state index in [1.165, 1.54) is 11.0 Å². The van der Waals surface area contributed by atoms with Gasteiger partial charge in [0, 0.05) is 18.7 Å². The van der Waals surface area contributed by atoms with Crippen molar-refractivity contribution in [2.45, 2.75) is 44.3 Å². The second-order valence-corrected chi connectivity index (χ2v) is 11.2. The third-order valence-corrected chi connectivity index (χ3v) is 7.39. The number of hydrogen-bond acceptors (Lipinski definition) is 5. The van der Waals surface area contributed by atoms with Crippen LogP contribution in [0.4, 0.5) is 13.6 Å². The number of ether oxygens (including phenoxy) is 1. The highest BCUT2D eigenvalue weighted by Gasteiger charge is 2.49. The van der Waals surface area contributed by atoms with Gasteiger partial charge < -0.3 is 19.3 Å². The van der Waals surface area contributed by atoms with Crippen LogP contribution in [0.3, 0.4) is 0 Å². The van der Waals surface area contributed by atoms with Crippen molar-refractivity contribution in [3.8, 4) is 11.3 Å². The highest BCUT2D eigenvalue weighted by molar-refractivity contribution is 9.10. The smallest absolute Gasteiger partial charge is 0.410 e. The van der Waals surface area contributed by atoms with Crippen LogP contribution >= 0.6 is 39.1 Å². The molecule has 4 rings (SSSR count). The fourth-order valence-corrected chi connectivity index (χ4v) is 5.43. The monoisotopic (exact) mass is 602 g/mol. The zero-order valence-electron chi connectivity index (χ0n) is 19.6. The standard InChI is InChI=1S/C25H23BrCl2F2N2O4/c1-24(2,3)35-23(33)32-10-9-25(34,13-7-8-17(29)18(30)11-13)14(12-32)22-20(26)21(31-36-22)19-15(27)5-4-6-16(19)28/h4-8,11,14,34H,9-10,12H2,1-3H3/t14-,25+/m1/s1. The summed E-state index contributed by atoms with van der Waals surface area (Å²) < 4.78 is 39.4. The summed E-state index contributed by atoms with van der Waals surface area (Å²) in [6.07, 6.45) is -0.582. The summed E-state index contributed by atoms with van der Waals surface area (Å²) in [6.45, 7) is 5.30. The lowest BCUT2D eigenvalue weighted by Crippen LogP contribution is -2.51. The number of carbonyl (C=O) groups is 1. The third-order valence-electron chi connectivity index (χ3n) is 5.99. The molecule has 0 bridgehead atoms. The van der Waals surface area contributed by atoms with Gasteiger partial charge in [0.15, 0.2) is 17.4 Å². The number of benzene rings is 2. The van der Waals surface area contributed by atoms with Crippen LogP contribution in [-0.4, -0.2) is 39.9 Å². The highest BCUT2D eigenvalue weighted by atomic mass is 79.9. The van der Waals surface area contributed by atoms with Crippen LogP contribution in [0.5, 0.6) is 0 Å². The lowest BCUT2D eigenvalue weighted by molar-refractivity contribution is -0.0590. The van der Waals surface area contributed by atoms with E-state index in [1.54, 1.807) is 39.0 Å². The Labute approximate surface area is 225 Å². The van der Waals surface area contributed by atoms with E-state index in [-0.39, 0.29) is 30.8 Å². The molecule has 1 aliphatic heterocycles. The van der Waals surface area contributed by atoms with Gasteiger partial charge in [0.25, 0.3) is 0 Å². The predicted molar refractivity (Wildman–Crippen MR) is 135 cm³/mol. The Kier molecular flexibility index (Phi) is 7.41. The van der Waals surface area contributed by atoms with E-state index in [0.29, 0.717) is 25.8 Å². The number of hydrogen-bond donors (Lipinski definition) is 1. The Hall–Kier alpha value is -2.20. The molecule has 0 aliphatic carbocycles. The van der Waals surface area contributed by atoms with Crippen LogP contribution in [0.2, 0.25) is 10.0 Å². The van der Waals surface area contributed by atoms with Crippen molar-refractivity contribution in [1.29, 1.82) is 0 Å². The van der Waals surface area contributed by atoms with Gasteiger partial charge in [-0.3, -0.25) is 0 Å². The molecule has 0 unspecified atom stereocenters. The van der Waals surface area contributed by atoms with Crippen molar-refractivity contribution >= 4 is 45.2 Å². The molecular weight excluding hydrogens is 581 g/mol. The topological polar surface area (TPSA) is 75.8 Å². The van der Waals surface area contributed by atoms with Crippen LogP contribution in [0.25, 0.3) is 11.3 Å². The Bertz CT molecular complexity index is 1290. The van der Waals surface area contributed by atoms with Crippen molar-refractivity contribution in [2.24, 2.45) is 0 Å². The van der Waals surface area contributed by atoms with Gasteiger partial charge in [0.2, 0.25) is 0 Å². The zero-order chi connectivity index (χ0) is 26.4. The fraction of sp³-hybridized carbons (Fsp3) is 0.360. The molecule has 1 aromatic heterocycles. The average molecular weight is 604 g/mol. The molecule has 1 fully saturated rings. The highest BCUT2D eigenvalue weighted by Crippen LogP contribution is 2.49. The van der Waals surface area contributed by atoms with Crippen LogP contribution in [0, 0.1) is 11.6 Å². The first-order valence-electron chi connectivity index (χ1n) is 11.1. The molecule has 1 saturated heterocycles. The first kappa shape index (κ1) is 26.9. The molecule has 0 spiro atoms. The molecule has 2 atom stereocenters. The van der Waals surface area contributed by atoms with Crippen LogP contribution < -0.4 is 0 Å². The van der Waals surface area contributed by atoms with Crippen molar-refractivity contribution in [2.75, 3.05) is 13.1 Å². The number of likely N-dealkylation sites (tertiary alicyclic amines) is 1. The SMILES string of the molecule is CC(C)(C)OC(=O)N1CC[C@](O)(c2ccc(F)c(F)c2)[C@@H](c2onc(-c3c(Cl)cccc3Cl)c2Br)C1. The first-order valence-corrected chi connectivity index (χ1v) is 12.6. The number of piperidine rings is 1. The van der Waals surface area contributed by atoms with Crippen molar-refractivity contribution in [3.63, 3.8) is 0 Å². The van der Waals surface area contributed by atoms with E-state index in [2.05, 4.69) is 21.1 Å². The van der Waals surface area contributed by atoms with E-state index < -0.39 is 34.8 Å². The lowest BCUT2D eigenvalue weighted by Gasteiger charge is -2.44. The number of halogens is 5. The molecule has 192 valence electrons. The molecular formula is C25H23BrCl2F2N2O4. The number of nitrogens with zero attached hydrogens (tertiary/aromatic N) is 2. The maximum atomic E-state index is 14.2. The number of rotatable bonds is 3. The molecule has 0 saturated carbocycles. The molecule has 1 N–H and O–H groups in total. The van der Waals surface area contributed by atoms with E-state index in [1.807, 2.05) is 0 Å². The van der Waals surface area contributed by atoms with Gasteiger partial charge in [-0.15, -0.1) is 0 Å². The zero-order valence-corrected chi connectivity index (χ0v) is 22.7. The lowest BCUT2D eigenvalue weighted by atomic mass is 9.74. The normalized spacial score (nSPS) is 20.5. The Morgan fingerprint density at radius 2 is 1.89 bits per heavy atom. The van der Waals surface area contributed by atoms with Gasteiger partial charge in [0.05, 0.1) is 20.4 Å². The van der Waals surface area contributed by atoms with Gasteiger partial charge in [-0.05, 0) is 73.0 Å². The minimum atomic E-state index is -1.73. The van der Waals surface area contributed by atoms with E-state index in [0.717, 1.165) is 12.1 Å². The van der Waals surface area contributed by atoms with E-state index in [4.69, 9.17) is 32.5 Å². The molecule has 2 aromatic carbocycles. The molecule has 11 heteroatoms. The Balaban J connectivity index is 1.81. The van der Waals surface area contributed by atoms with Crippen LogP contribution in [-0.2, 0) is 10.3 Å². The maximum Gasteiger partial charge on any atom is 0.410 e. The molecule has 36 heavy (non-hydrogen) atoms. The Morgan fingerprint density at radius 1 is 1.22 bits per heavy atom. The molecule has 1 amide bonds. The second kappa shape index (κ2) is 9.93. The summed E-state index contributed by atoms with van der Waals surface area (Å²) in [7, 11) is 0. The maximum absolute atomic E-state index is 14.2. The number of aliphatic hydroxyl groups is 1. The summed E-state index contributed by atoms with van der Waals surface area (Å²) in [4.78, 5) is 14.3. The summed E-state index contributed by atoms with van der Waals surface area (Å²) >= 11 is 16.2. The van der Waals surface area contributed by atoms with E-state index in [9.17, 15) is 18.7 Å². The molecule has 0 radical (unpaired) electrons. The predicted octanol–water partition coefficient (Wildman–Crippen LogP) is 7.30. The largest absolute Gasteiger partial charge is 0.444 e. The molecule has 6 nitrogen and oxygen atoms in total. The van der Waals surface area contributed by atoms with Gasteiger partial charge in [-0.1, -0.05) is 40.5 Å². The quantitative estimate of drug-likeness (QED) is 0.340. The minimum Gasteiger partial charge on any atom is -0.444 e. The Morgan fingerprint density at radius 3 is 2.50 bits per heavy atom. The van der Waals surface area contributed by atoms with Crippen molar-refractivity contribution in [3.05, 3.63) is 73.9 Å². The van der Waals surface area contributed by atoms with Crippen LogP contribution in [0.15, 0.2) is 45.4 Å². The van der Waals surface area contributed by atoms with Gasteiger partial charge >= 0.3 is 6.09 Å².